The van der Waals surface area contributed by atoms with Crippen LogP contribution in [0.1, 0.15) is 50.8 Å². The number of benzene rings is 1. The third-order valence-corrected chi connectivity index (χ3v) is 4.06. The summed E-state index contributed by atoms with van der Waals surface area (Å²) in [5.41, 5.74) is 2.94. The fourth-order valence-electron chi connectivity index (χ4n) is 2.81. The van der Waals surface area contributed by atoms with Gasteiger partial charge in [0.15, 0.2) is 0 Å². The van der Waals surface area contributed by atoms with Gasteiger partial charge in [-0.25, -0.2) is 0 Å². The molecule has 0 heterocycles. The van der Waals surface area contributed by atoms with E-state index >= 15 is 0 Å². The van der Waals surface area contributed by atoms with E-state index in [4.69, 9.17) is 0 Å². The van der Waals surface area contributed by atoms with E-state index in [0.29, 0.717) is 0 Å². The molecule has 1 unspecified atom stereocenters. The number of fused-ring (bicyclic) bond motifs is 1. The zero-order valence-corrected chi connectivity index (χ0v) is 11.2. The number of nitrogens with zero attached hydrogens (tertiary/aromatic N) is 1. The maximum atomic E-state index is 11.5. The van der Waals surface area contributed by atoms with Crippen LogP contribution in [0.25, 0.3) is 0 Å². The summed E-state index contributed by atoms with van der Waals surface area (Å²) in [6, 6.07) is 8.78. The van der Waals surface area contributed by atoms with Crippen LogP contribution in [0.3, 0.4) is 0 Å². The van der Waals surface area contributed by atoms with Gasteiger partial charge in [-0.2, -0.15) is 0 Å². The Morgan fingerprint density at radius 2 is 2.00 bits per heavy atom. The van der Waals surface area contributed by atoms with E-state index in [-0.39, 0.29) is 17.4 Å². The monoisotopic (exact) mass is 231 g/mol. The zero-order valence-electron chi connectivity index (χ0n) is 11.2. The third-order valence-electron chi connectivity index (χ3n) is 4.06. The van der Waals surface area contributed by atoms with Crippen LogP contribution in [-0.4, -0.2) is 17.9 Å². The Hall–Kier alpha value is -1.31. The van der Waals surface area contributed by atoms with Gasteiger partial charge in [0.05, 0.1) is 6.04 Å². The van der Waals surface area contributed by atoms with Gasteiger partial charge in [-0.3, -0.25) is 4.79 Å². The molecule has 0 spiro atoms. The molecule has 0 bridgehead atoms. The second-order valence-electron chi connectivity index (χ2n) is 5.66. The standard InChI is InChI=1S/C15H21NO/c1-11(17)16(4)14-9-10-15(2,3)13-8-6-5-7-12(13)14/h5-8,14H,9-10H2,1-4H3. The summed E-state index contributed by atoms with van der Waals surface area (Å²) in [6.07, 6.45) is 2.19. The number of amides is 1. The smallest absolute Gasteiger partial charge is 0.219 e. The van der Waals surface area contributed by atoms with Gasteiger partial charge in [-0.15, -0.1) is 0 Å². The maximum absolute atomic E-state index is 11.5. The Kier molecular flexibility index (Phi) is 2.98. The summed E-state index contributed by atoms with van der Waals surface area (Å²) in [5.74, 6) is 0.143. The van der Waals surface area contributed by atoms with E-state index in [9.17, 15) is 4.79 Å². The molecule has 1 aromatic rings. The van der Waals surface area contributed by atoms with Crippen LogP contribution in [-0.2, 0) is 10.2 Å². The summed E-state index contributed by atoms with van der Waals surface area (Å²) in [4.78, 5) is 13.4. The highest BCUT2D eigenvalue weighted by Gasteiger charge is 2.34. The molecule has 17 heavy (non-hydrogen) atoms. The lowest BCUT2D eigenvalue weighted by Gasteiger charge is -2.40. The first-order valence-corrected chi connectivity index (χ1v) is 6.26. The van der Waals surface area contributed by atoms with Crippen molar-refractivity contribution in [3.8, 4) is 0 Å². The van der Waals surface area contributed by atoms with E-state index in [0.717, 1.165) is 12.8 Å². The summed E-state index contributed by atoms with van der Waals surface area (Å²) >= 11 is 0. The van der Waals surface area contributed by atoms with Crippen LogP contribution in [0.2, 0.25) is 0 Å². The topological polar surface area (TPSA) is 20.3 Å². The van der Waals surface area contributed by atoms with E-state index in [2.05, 4.69) is 38.1 Å². The van der Waals surface area contributed by atoms with Gasteiger partial charge in [-0.1, -0.05) is 38.1 Å². The Morgan fingerprint density at radius 3 is 2.65 bits per heavy atom. The number of carbonyl (C=O) groups excluding carboxylic acids is 1. The van der Waals surface area contributed by atoms with Crippen molar-refractivity contribution in [2.75, 3.05) is 7.05 Å². The Bertz CT molecular complexity index is 436. The molecule has 0 aromatic heterocycles. The molecule has 0 fully saturated rings. The van der Waals surface area contributed by atoms with Crippen molar-refractivity contribution in [3.63, 3.8) is 0 Å². The second-order valence-corrected chi connectivity index (χ2v) is 5.66. The summed E-state index contributed by atoms with van der Waals surface area (Å²) in [7, 11) is 1.90. The van der Waals surface area contributed by atoms with Gasteiger partial charge >= 0.3 is 0 Å². The molecule has 92 valence electrons. The molecule has 1 atom stereocenters. The molecular formula is C15H21NO. The number of hydrogen-bond acceptors (Lipinski definition) is 1. The van der Waals surface area contributed by atoms with Gasteiger partial charge in [0.1, 0.15) is 0 Å². The molecule has 2 nitrogen and oxygen atoms in total. The molecule has 1 aromatic carbocycles. The minimum absolute atomic E-state index is 0.143. The van der Waals surface area contributed by atoms with Crippen molar-refractivity contribution in [2.24, 2.45) is 0 Å². The fraction of sp³-hybridized carbons (Fsp3) is 0.533. The third kappa shape index (κ3) is 2.08. The first-order chi connectivity index (χ1) is 7.93. The Labute approximate surface area is 104 Å². The first-order valence-electron chi connectivity index (χ1n) is 6.26. The Balaban J connectivity index is 2.45. The van der Waals surface area contributed by atoms with Crippen LogP contribution >= 0.6 is 0 Å². The Morgan fingerprint density at radius 1 is 1.35 bits per heavy atom. The lowest BCUT2D eigenvalue weighted by atomic mass is 9.71. The van der Waals surface area contributed by atoms with Gasteiger partial charge in [0.2, 0.25) is 5.91 Å². The summed E-state index contributed by atoms with van der Waals surface area (Å²) < 4.78 is 0. The molecular weight excluding hydrogens is 210 g/mol. The van der Waals surface area contributed by atoms with Gasteiger partial charge in [-0.05, 0) is 29.4 Å². The average molecular weight is 231 g/mol. The number of hydrogen-bond donors (Lipinski definition) is 0. The lowest BCUT2D eigenvalue weighted by molar-refractivity contribution is -0.130. The highest BCUT2D eigenvalue weighted by molar-refractivity contribution is 5.73. The summed E-state index contributed by atoms with van der Waals surface area (Å²) in [6.45, 7) is 6.22. The molecule has 2 heteroatoms. The van der Waals surface area contributed by atoms with Crippen LogP contribution in [0, 0.1) is 0 Å². The molecule has 0 saturated heterocycles. The molecule has 1 aliphatic rings. The molecule has 1 aliphatic carbocycles. The SMILES string of the molecule is CC(=O)N(C)C1CCC(C)(C)c2ccccc21. The number of carbonyl (C=O) groups is 1. The van der Waals surface area contributed by atoms with Crippen molar-refractivity contribution in [1.29, 1.82) is 0 Å². The predicted octanol–water partition coefficient (Wildman–Crippen LogP) is 3.28. The van der Waals surface area contributed by atoms with Crippen molar-refractivity contribution < 1.29 is 4.79 Å². The van der Waals surface area contributed by atoms with Crippen molar-refractivity contribution in [3.05, 3.63) is 35.4 Å². The minimum Gasteiger partial charge on any atom is -0.339 e. The first kappa shape index (κ1) is 12.2. The normalized spacial score (nSPS) is 21.8. The fourth-order valence-corrected chi connectivity index (χ4v) is 2.81. The van der Waals surface area contributed by atoms with Crippen LogP contribution in [0.4, 0.5) is 0 Å². The largest absolute Gasteiger partial charge is 0.339 e. The van der Waals surface area contributed by atoms with E-state index in [1.165, 1.54) is 11.1 Å². The van der Waals surface area contributed by atoms with Crippen molar-refractivity contribution in [2.45, 2.75) is 45.1 Å². The van der Waals surface area contributed by atoms with Gasteiger partial charge in [0, 0.05) is 14.0 Å². The van der Waals surface area contributed by atoms with Crippen molar-refractivity contribution >= 4 is 5.91 Å². The van der Waals surface area contributed by atoms with Crippen molar-refractivity contribution in [1.82, 2.24) is 4.90 Å². The maximum Gasteiger partial charge on any atom is 0.219 e. The van der Waals surface area contributed by atoms with Crippen LogP contribution in [0.15, 0.2) is 24.3 Å². The predicted molar refractivity (Wildman–Crippen MR) is 69.9 cm³/mol. The molecule has 2 rings (SSSR count). The number of rotatable bonds is 1. The van der Waals surface area contributed by atoms with E-state index < -0.39 is 0 Å². The quantitative estimate of drug-likeness (QED) is 0.726. The molecule has 0 saturated carbocycles. The molecule has 0 aliphatic heterocycles. The van der Waals surface area contributed by atoms with E-state index in [1.54, 1.807) is 6.92 Å². The molecule has 0 N–H and O–H groups in total. The highest BCUT2D eigenvalue weighted by atomic mass is 16.2. The van der Waals surface area contributed by atoms with Gasteiger partial charge < -0.3 is 4.90 Å². The zero-order chi connectivity index (χ0) is 12.6. The van der Waals surface area contributed by atoms with E-state index in [1.807, 2.05) is 11.9 Å². The highest BCUT2D eigenvalue weighted by Crippen LogP contribution is 2.43. The molecule has 1 amide bonds. The second kappa shape index (κ2) is 4.17. The van der Waals surface area contributed by atoms with Gasteiger partial charge in [0.25, 0.3) is 0 Å². The van der Waals surface area contributed by atoms with Crippen LogP contribution < -0.4 is 0 Å². The lowest BCUT2D eigenvalue weighted by Crippen LogP contribution is -2.36. The minimum atomic E-state index is 0.143. The average Bonchev–Trinajstić information content (AvgIpc) is 2.28. The summed E-state index contributed by atoms with van der Waals surface area (Å²) in [5, 5.41) is 0. The van der Waals surface area contributed by atoms with Crippen LogP contribution in [0.5, 0.6) is 0 Å². The molecule has 0 radical (unpaired) electrons.